The molecule has 2 aromatic carbocycles. The van der Waals surface area contributed by atoms with Gasteiger partial charge in [0, 0.05) is 36.1 Å². The van der Waals surface area contributed by atoms with Crippen LogP contribution >= 0.6 is 0 Å². The normalized spacial score (nSPS) is 17.7. The molecule has 0 spiro atoms. The van der Waals surface area contributed by atoms with Crippen molar-refractivity contribution in [2.75, 3.05) is 19.3 Å². The molecule has 3 heterocycles. The summed E-state index contributed by atoms with van der Waals surface area (Å²) in [6, 6.07) is 16.7. The van der Waals surface area contributed by atoms with Crippen LogP contribution in [0.15, 0.2) is 72.0 Å². The second kappa shape index (κ2) is 7.63. The Hall–Kier alpha value is -2.67. The fourth-order valence-corrected chi connectivity index (χ4v) is 4.53. The van der Waals surface area contributed by atoms with Crippen molar-refractivity contribution >= 4 is 16.8 Å². The Morgan fingerprint density at radius 2 is 1.93 bits per heavy atom. The Balaban J connectivity index is 1.47. The quantitative estimate of drug-likeness (QED) is 0.501. The molecule has 5 nitrogen and oxygen atoms in total. The van der Waals surface area contributed by atoms with Crippen molar-refractivity contribution in [1.82, 2.24) is 19.9 Å². The van der Waals surface area contributed by atoms with Gasteiger partial charge in [0.15, 0.2) is 21.7 Å². The summed E-state index contributed by atoms with van der Waals surface area (Å²) in [6.45, 7) is 2.18. The van der Waals surface area contributed by atoms with E-state index in [0.29, 0.717) is 5.92 Å². The predicted molar refractivity (Wildman–Crippen MR) is 118 cm³/mol. The molecule has 0 radical (unpaired) electrons. The molecule has 1 aliphatic heterocycles. The van der Waals surface area contributed by atoms with Gasteiger partial charge in [-0.25, -0.2) is 9.50 Å². The first-order valence-corrected chi connectivity index (χ1v) is 11.4. The highest BCUT2D eigenvalue weighted by Crippen LogP contribution is 2.29. The number of nitrogens with one attached hydrogen (secondary N) is 1. The second-order valence-corrected chi connectivity index (χ2v) is 8.91. The third kappa shape index (κ3) is 3.55. The average Bonchev–Trinajstić information content (AvgIpc) is 3.44. The van der Waals surface area contributed by atoms with E-state index in [1.807, 2.05) is 47.4 Å². The van der Waals surface area contributed by atoms with Crippen molar-refractivity contribution in [3.8, 4) is 22.3 Å². The fraction of sp³-hybridized carbons (Fsp3) is 0.217. The highest BCUT2D eigenvalue weighted by molar-refractivity contribution is 7.90. The van der Waals surface area contributed by atoms with Crippen LogP contribution in [0, 0.1) is 0 Å². The van der Waals surface area contributed by atoms with Crippen molar-refractivity contribution in [2.45, 2.75) is 17.2 Å². The van der Waals surface area contributed by atoms with E-state index in [0.717, 1.165) is 45.9 Å². The van der Waals surface area contributed by atoms with Gasteiger partial charge >= 0.3 is 0 Å². The highest BCUT2D eigenvalue weighted by Gasteiger charge is 2.17. The molecule has 2 unspecified atom stereocenters. The molecular weight excluding hydrogens is 380 g/mol. The molecule has 146 valence electrons. The number of hydrogen-bond donors (Lipinski definition) is 2. The van der Waals surface area contributed by atoms with Gasteiger partial charge in [-0.2, -0.15) is 9.65 Å². The van der Waals surface area contributed by atoms with Crippen LogP contribution in [-0.2, 0) is 11.2 Å². The lowest BCUT2D eigenvalue weighted by Crippen LogP contribution is -2.07. The van der Waals surface area contributed by atoms with Gasteiger partial charge in [0.25, 0.3) is 0 Å². The van der Waals surface area contributed by atoms with Gasteiger partial charge in [-0.3, -0.25) is 0 Å². The highest BCUT2D eigenvalue weighted by atomic mass is 32.2. The third-order valence-electron chi connectivity index (χ3n) is 5.62. The summed E-state index contributed by atoms with van der Waals surface area (Å²) in [6.07, 6.45) is 8.78. The SMILES string of the molecule is C[S+](O)c1cccc(-c2cnn3cc(-c4ccc(C5CCNC5)cc4)cnc23)c1. The minimum absolute atomic E-state index is 0.622. The molecule has 0 amide bonds. The van der Waals surface area contributed by atoms with E-state index in [1.165, 1.54) is 12.0 Å². The van der Waals surface area contributed by atoms with Crippen LogP contribution in [0.2, 0.25) is 0 Å². The van der Waals surface area contributed by atoms with Gasteiger partial charge in [-0.05, 0) is 41.6 Å². The molecule has 1 aliphatic rings. The molecule has 1 fully saturated rings. The summed E-state index contributed by atoms with van der Waals surface area (Å²) in [7, 11) is 0. The first-order valence-electron chi connectivity index (χ1n) is 9.79. The van der Waals surface area contributed by atoms with E-state index >= 15 is 0 Å². The second-order valence-electron chi connectivity index (χ2n) is 7.49. The van der Waals surface area contributed by atoms with E-state index in [2.05, 4.69) is 34.7 Å². The molecule has 29 heavy (non-hydrogen) atoms. The van der Waals surface area contributed by atoms with E-state index in [1.54, 1.807) is 6.26 Å². The molecule has 0 saturated carbocycles. The van der Waals surface area contributed by atoms with Crippen LogP contribution in [0.4, 0.5) is 0 Å². The number of aromatic nitrogens is 3. The summed E-state index contributed by atoms with van der Waals surface area (Å²) in [5, 5.41) is 7.95. The number of fused-ring (bicyclic) bond motifs is 1. The van der Waals surface area contributed by atoms with Gasteiger partial charge in [-0.15, -0.1) is 0 Å². The molecular formula is C23H23N4OS+. The summed E-state index contributed by atoms with van der Waals surface area (Å²) >= 11 is -0.768. The molecule has 2 N–H and O–H groups in total. The Bertz CT molecular complexity index is 1150. The van der Waals surface area contributed by atoms with Crippen LogP contribution in [0.25, 0.3) is 27.9 Å². The van der Waals surface area contributed by atoms with E-state index in [9.17, 15) is 4.55 Å². The maximum Gasteiger partial charge on any atom is 0.190 e. The average molecular weight is 404 g/mol. The summed E-state index contributed by atoms with van der Waals surface area (Å²) < 4.78 is 11.7. The molecule has 5 rings (SSSR count). The van der Waals surface area contributed by atoms with Crippen molar-refractivity contribution in [3.63, 3.8) is 0 Å². The molecule has 1 saturated heterocycles. The predicted octanol–water partition coefficient (Wildman–Crippen LogP) is 4.22. The molecule has 2 aromatic heterocycles. The minimum atomic E-state index is -0.768. The number of benzene rings is 2. The Morgan fingerprint density at radius 1 is 1.07 bits per heavy atom. The maximum atomic E-state index is 9.90. The monoisotopic (exact) mass is 403 g/mol. The smallest absolute Gasteiger partial charge is 0.190 e. The summed E-state index contributed by atoms with van der Waals surface area (Å²) in [4.78, 5) is 5.61. The Kier molecular flexibility index (Phi) is 4.83. The number of rotatable bonds is 4. The first kappa shape index (κ1) is 18.4. The van der Waals surface area contributed by atoms with Gasteiger partial charge < -0.3 is 5.32 Å². The largest absolute Gasteiger partial charge is 0.316 e. The third-order valence-corrected chi connectivity index (χ3v) is 6.55. The zero-order valence-electron chi connectivity index (χ0n) is 16.2. The van der Waals surface area contributed by atoms with Crippen LogP contribution < -0.4 is 5.32 Å². The first-order chi connectivity index (χ1) is 14.2. The van der Waals surface area contributed by atoms with Crippen molar-refractivity contribution < 1.29 is 4.55 Å². The molecule has 4 aromatic rings. The van der Waals surface area contributed by atoms with Gasteiger partial charge in [0.05, 0.1) is 6.20 Å². The van der Waals surface area contributed by atoms with Gasteiger partial charge in [-0.1, -0.05) is 36.4 Å². The van der Waals surface area contributed by atoms with Crippen LogP contribution in [0.3, 0.4) is 0 Å². The topological polar surface area (TPSA) is 62.5 Å². The van der Waals surface area contributed by atoms with Crippen LogP contribution in [-0.4, -0.2) is 38.5 Å². The molecule has 2 atom stereocenters. The summed E-state index contributed by atoms with van der Waals surface area (Å²) in [5.74, 6) is 0.622. The maximum absolute atomic E-state index is 9.90. The van der Waals surface area contributed by atoms with Crippen molar-refractivity contribution in [1.29, 1.82) is 0 Å². The lowest BCUT2D eigenvalue weighted by Gasteiger charge is -2.10. The van der Waals surface area contributed by atoms with Gasteiger partial charge in [0.2, 0.25) is 0 Å². The zero-order valence-corrected chi connectivity index (χ0v) is 17.1. The van der Waals surface area contributed by atoms with Crippen molar-refractivity contribution in [3.05, 3.63) is 72.7 Å². The van der Waals surface area contributed by atoms with Crippen LogP contribution in [0.5, 0.6) is 0 Å². The minimum Gasteiger partial charge on any atom is -0.316 e. The Morgan fingerprint density at radius 3 is 2.69 bits per heavy atom. The lowest BCUT2D eigenvalue weighted by molar-refractivity contribution is 0.645. The zero-order chi connectivity index (χ0) is 19.8. The summed E-state index contributed by atoms with van der Waals surface area (Å²) in [5.41, 5.74) is 6.38. The van der Waals surface area contributed by atoms with E-state index in [-0.39, 0.29) is 0 Å². The standard InChI is InChI=1S/C23H23N4OS/c1-29(28)21-4-2-3-18(11-21)22-14-26-27-15-20(13-25-23(22)27)17-7-5-16(6-8-17)19-9-10-24-12-19/h2-8,11,13-15,19,24,28H,9-10,12H2,1H3/q+1. The number of hydrogen-bond acceptors (Lipinski definition) is 4. The Labute approximate surface area is 173 Å². The molecule has 0 bridgehead atoms. The lowest BCUT2D eigenvalue weighted by atomic mass is 9.96. The fourth-order valence-electron chi connectivity index (χ4n) is 3.96. The number of nitrogens with zero attached hydrogens (tertiary/aromatic N) is 3. The van der Waals surface area contributed by atoms with Crippen LogP contribution in [0.1, 0.15) is 17.9 Å². The van der Waals surface area contributed by atoms with Gasteiger partial charge in [0.1, 0.15) is 6.26 Å². The van der Waals surface area contributed by atoms with E-state index in [4.69, 9.17) is 4.98 Å². The molecule has 0 aliphatic carbocycles. The van der Waals surface area contributed by atoms with E-state index < -0.39 is 11.2 Å². The molecule has 6 heteroatoms. The van der Waals surface area contributed by atoms with Crippen molar-refractivity contribution in [2.24, 2.45) is 0 Å².